The molecule has 1 saturated heterocycles. The minimum Gasteiger partial charge on any atom is -0.324 e. The summed E-state index contributed by atoms with van der Waals surface area (Å²) in [5.41, 5.74) is 2.55. The molecule has 5 nitrogen and oxygen atoms in total. The van der Waals surface area contributed by atoms with E-state index in [-0.39, 0.29) is 10.8 Å². The number of nitrogens with zero attached hydrogens (tertiary/aromatic N) is 1. The Labute approximate surface area is 193 Å². The van der Waals surface area contributed by atoms with Crippen LogP contribution in [0, 0.1) is 0 Å². The van der Waals surface area contributed by atoms with Crippen molar-refractivity contribution < 1.29 is 13.2 Å². The molecule has 1 atom stereocenters. The second-order valence-corrected chi connectivity index (χ2v) is 10.1. The molecule has 0 saturated carbocycles. The lowest BCUT2D eigenvalue weighted by atomic mass is 10.0. The van der Waals surface area contributed by atoms with Crippen molar-refractivity contribution in [1.82, 2.24) is 4.31 Å². The molecule has 0 radical (unpaired) electrons. The molecule has 1 heterocycles. The molecule has 1 fully saturated rings. The quantitative estimate of drug-likeness (QED) is 0.443. The predicted octanol–water partition coefficient (Wildman–Crippen LogP) is 5.30. The molecule has 4 aromatic carbocycles. The minimum atomic E-state index is -3.81. The van der Waals surface area contributed by atoms with Crippen molar-refractivity contribution in [2.45, 2.75) is 23.8 Å². The summed E-state index contributed by atoms with van der Waals surface area (Å²) in [7, 11) is -3.81. The first-order valence-electron chi connectivity index (χ1n) is 11.0. The van der Waals surface area contributed by atoms with Crippen LogP contribution in [0.1, 0.15) is 12.8 Å². The van der Waals surface area contributed by atoms with E-state index >= 15 is 0 Å². The van der Waals surface area contributed by atoms with Crippen LogP contribution in [0.25, 0.3) is 21.9 Å². The second-order valence-electron chi connectivity index (χ2n) is 8.18. The monoisotopic (exact) mass is 456 g/mol. The zero-order chi connectivity index (χ0) is 22.8. The van der Waals surface area contributed by atoms with Crippen LogP contribution in [-0.2, 0) is 14.8 Å². The van der Waals surface area contributed by atoms with Crippen LogP contribution in [0.2, 0.25) is 0 Å². The van der Waals surface area contributed by atoms with Gasteiger partial charge in [-0.1, -0.05) is 78.9 Å². The van der Waals surface area contributed by atoms with Gasteiger partial charge in [-0.2, -0.15) is 4.31 Å². The number of benzene rings is 4. The number of carbonyl (C=O) groups is 1. The highest BCUT2D eigenvalue weighted by atomic mass is 32.2. The SMILES string of the molecule is O=C(Nc1ccccc1-c1ccccc1)[C@H]1CCCN1S(=O)(=O)c1ccc2ccccc2c1. The van der Waals surface area contributed by atoms with Gasteiger partial charge in [-0.3, -0.25) is 4.79 Å². The minimum absolute atomic E-state index is 0.214. The van der Waals surface area contributed by atoms with Gasteiger partial charge in [-0.15, -0.1) is 0 Å². The van der Waals surface area contributed by atoms with Gasteiger partial charge >= 0.3 is 0 Å². The average molecular weight is 457 g/mol. The lowest BCUT2D eigenvalue weighted by Crippen LogP contribution is -2.43. The topological polar surface area (TPSA) is 66.5 Å². The summed E-state index contributed by atoms with van der Waals surface area (Å²) >= 11 is 0. The zero-order valence-electron chi connectivity index (χ0n) is 18.0. The summed E-state index contributed by atoms with van der Waals surface area (Å²) in [6.07, 6.45) is 1.14. The number of sulfonamides is 1. The number of fused-ring (bicyclic) bond motifs is 1. The normalized spacial score (nSPS) is 16.7. The van der Waals surface area contributed by atoms with Gasteiger partial charge in [0.05, 0.1) is 4.90 Å². The highest BCUT2D eigenvalue weighted by molar-refractivity contribution is 7.89. The third-order valence-corrected chi connectivity index (χ3v) is 8.01. The summed E-state index contributed by atoms with van der Waals surface area (Å²) < 4.78 is 28.3. The van der Waals surface area contributed by atoms with Crippen LogP contribution in [0.3, 0.4) is 0 Å². The maximum atomic E-state index is 13.5. The number of para-hydroxylation sites is 1. The molecule has 166 valence electrons. The molecule has 1 aliphatic rings. The molecule has 0 bridgehead atoms. The highest BCUT2D eigenvalue weighted by Crippen LogP contribution is 2.31. The first-order chi connectivity index (χ1) is 16.0. The summed E-state index contributed by atoms with van der Waals surface area (Å²) in [6, 6.07) is 29.4. The third-order valence-electron chi connectivity index (χ3n) is 6.10. The molecular weight excluding hydrogens is 432 g/mol. The number of anilines is 1. The van der Waals surface area contributed by atoms with E-state index in [0.29, 0.717) is 25.1 Å². The highest BCUT2D eigenvalue weighted by Gasteiger charge is 2.39. The molecule has 1 N–H and O–H groups in total. The van der Waals surface area contributed by atoms with Crippen molar-refractivity contribution in [1.29, 1.82) is 0 Å². The van der Waals surface area contributed by atoms with Gasteiger partial charge in [-0.25, -0.2) is 8.42 Å². The fourth-order valence-electron chi connectivity index (χ4n) is 4.43. The number of carbonyl (C=O) groups excluding carboxylic acids is 1. The Morgan fingerprint density at radius 3 is 2.33 bits per heavy atom. The fraction of sp³-hybridized carbons (Fsp3) is 0.148. The molecule has 0 spiro atoms. The van der Waals surface area contributed by atoms with Crippen molar-refractivity contribution >= 4 is 32.4 Å². The van der Waals surface area contributed by atoms with Crippen molar-refractivity contribution in [3.63, 3.8) is 0 Å². The third kappa shape index (κ3) is 4.15. The summed E-state index contributed by atoms with van der Waals surface area (Å²) in [5, 5.41) is 4.82. The van der Waals surface area contributed by atoms with Gasteiger partial charge in [0.2, 0.25) is 15.9 Å². The van der Waals surface area contributed by atoms with Gasteiger partial charge in [0.15, 0.2) is 0 Å². The Morgan fingerprint density at radius 1 is 0.818 bits per heavy atom. The number of hydrogen-bond donors (Lipinski definition) is 1. The molecule has 4 aromatic rings. The lowest BCUT2D eigenvalue weighted by molar-refractivity contribution is -0.119. The summed E-state index contributed by atoms with van der Waals surface area (Å²) in [6.45, 7) is 0.327. The van der Waals surface area contributed by atoms with Crippen LogP contribution in [0.15, 0.2) is 102 Å². The van der Waals surface area contributed by atoms with Crippen molar-refractivity contribution in [2.75, 3.05) is 11.9 Å². The Balaban J connectivity index is 1.42. The lowest BCUT2D eigenvalue weighted by Gasteiger charge is -2.24. The van der Waals surface area contributed by atoms with E-state index in [4.69, 9.17) is 0 Å². The number of hydrogen-bond acceptors (Lipinski definition) is 3. The molecule has 0 unspecified atom stereocenters. The molecule has 5 rings (SSSR count). The van der Waals surface area contributed by atoms with E-state index in [1.54, 1.807) is 12.1 Å². The van der Waals surface area contributed by atoms with E-state index in [1.807, 2.05) is 84.9 Å². The molecule has 1 aliphatic heterocycles. The van der Waals surface area contributed by atoms with Crippen LogP contribution in [0.4, 0.5) is 5.69 Å². The summed E-state index contributed by atoms with van der Waals surface area (Å²) in [5.74, 6) is -0.305. The second kappa shape index (κ2) is 8.81. The predicted molar refractivity (Wildman–Crippen MR) is 131 cm³/mol. The standard InChI is InChI=1S/C27H24N2O3S/c30-27(28-25-14-7-6-13-24(25)21-10-2-1-3-11-21)26-15-8-18-29(26)33(31,32)23-17-16-20-9-4-5-12-22(20)19-23/h1-7,9-14,16-17,19,26H,8,15,18H2,(H,28,30)/t26-/m1/s1. The van der Waals surface area contributed by atoms with Crippen LogP contribution >= 0.6 is 0 Å². The Hall–Kier alpha value is -3.48. The number of nitrogens with one attached hydrogen (secondary N) is 1. The maximum absolute atomic E-state index is 13.5. The Bertz CT molecular complexity index is 1420. The molecule has 33 heavy (non-hydrogen) atoms. The van der Waals surface area contributed by atoms with Crippen molar-refractivity contribution in [3.8, 4) is 11.1 Å². The van der Waals surface area contributed by atoms with E-state index < -0.39 is 16.1 Å². The molecular formula is C27H24N2O3S. The maximum Gasteiger partial charge on any atom is 0.243 e. The van der Waals surface area contributed by atoms with Crippen molar-refractivity contribution in [3.05, 3.63) is 97.1 Å². The van der Waals surface area contributed by atoms with Crippen LogP contribution < -0.4 is 5.32 Å². The van der Waals surface area contributed by atoms with E-state index in [0.717, 1.165) is 21.9 Å². The number of rotatable bonds is 5. The van der Waals surface area contributed by atoms with Gasteiger partial charge in [-0.05, 0) is 47.4 Å². The molecule has 6 heteroatoms. The van der Waals surface area contributed by atoms with E-state index in [9.17, 15) is 13.2 Å². The van der Waals surface area contributed by atoms with Crippen LogP contribution in [0.5, 0.6) is 0 Å². The molecule has 0 aliphatic carbocycles. The zero-order valence-corrected chi connectivity index (χ0v) is 18.8. The molecule has 1 amide bonds. The van der Waals surface area contributed by atoms with E-state index in [2.05, 4.69) is 5.32 Å². The van der Waals surface area contributed by atoms with Gasteiger partial charge < -0.3 is 5.32 Å². The largest absolute Gasteiger partial charge is 0.324 e. The smallest absolute Gasteiger partial charge is 0.243 e. The summed E-state index contributed by atoms with van der Waals surface area (Å²) in [4.78, 5) is 13.5. The fourth-order valence-corrected chi connectivity index (χ4v) is 6.12. The number of amides is 1. The van der Waals surface area contributed by atoms with Gasteiger partial charge in [0, 0.05) is 17.8 Å². The van der Waals surface area contributed by atoms with Gasteiger partial charge in [0.25, 0.3) is 0 Å². The van der Waals surface area contributed by atoms with Gasteiger partial charge in [0.1, 0.15) is 6.04 Å². The Morgan fingerprint density at radius 2 is 1.52 bits per heavy atom. The van der Waals surface area contributed by atoms with Crippen molar-refractivity contribution in [2.24, 2.45) is 0 Å². The first-order valence-corrected chi connectivity index (χ1v) is 12.4. The van der Waals surface area contributed by atoms with E-state index in [1.165, 1.54) is 4.31 Å². The van der Waals surface area contributed by atoms with Crippen LogP contribution in [-0.4, -0.2) is 31.2 Å². The molecule has 0 aromatic heterocycles. The first kappa shape index (κ1) is 21.4. The average Bonchev–Trinajstić information content (AvgIpc) is 3.36. The Kier molecular flexibility index (Phi) is 5.70.